The maximum Gasteiger partial charge on any atom is 0.363 e. The fraction of sp³-hybridized carbons (Fsp3) is 0.0833. The second-order valence-electron chi connectivity index (χ2n) is 4.11. The summed E-state index contributed by atoms with van der Waals surface area (Å²) in [7, 11) is -3.33. The van der Waals surface area contributed by atoms with Gasteiger partial charge in [-0.1, -0.05) is 0 Å². The van der Waals surface area contributed by atoms with Gasteiger partial charge in [-0.25, -0.2) is 8.42 Å². The summed E-state index contributed by atoms with van der Waals surface area (Å²) in [6, 6.07) is 8.86. The highest BCUT2D eigenvalue weighted by Gasteiger charge is 2.08. The van der Waals surface area contributed by atoms with E-state index in [1.165, 1.54) is 30.5 Å². The number of hydrogen-bond donors (Lipinski definition) is 1. The van der Waals surface area contributed by atoms with Crippen molar-refractivity contribution in [1.29, 1.82) is 0 Å². The molecule has 0 saturated carbocycles. The molecule has 21 heavy (non-hydrogen) atoms. The van der Waals surface area contributed by atoms with Gasteiger partial charge in [0.25, 0.3) is 0 Å². The molecule has 1 N–H and O–H groups in total. The first-order valence-corrected chi connectivity index (χ1v) is 7.59. The van der Waals surface area contributed by atoms with Gasteiger partial charge in [-0.2, -0.15) is 0 Å². The molecule has 0 spiro atoms. The van der Waals surface area contributed by atoms with E-state index in [0.29, 0.717) is 17.2 Å². The van der Waals surface area contributed by atoms with Crippen molar-refractivity contribution in [2.45, 2.75) is 0 Å². The van der Waals surface area contributed by atoms with Crippen molar-refractivity contribution < 1.29 is 18.1 Å². The maximum absolute atomic E-state index is 11.1. The molecule has 0 unspecified atom stereocenters. The normalized spacial score (nSPS) is 10.9. The Hall–Kier alpha value is -2.68. The molecular formula is C12H11N3O5S. The molecule has 1 aromatic carbocycles. The van der Waals surface area contributed by atoms with Crippen LogP contribution in [0.5, 0.6) is 11.5 Å². The van der Waals surface area contributed by atoms with Crippen LogP contribution >= 0.6 is 0 Å². The van der Waals surface area contributed by atoms with Crippen molar-refractivity contribution in [3.63, 3.8) is 0 Å². The minimum absolute atomic E-state index is 0.268. The van der Waals surface area contributed by atoms with Gasteiger partial charge in [0.2, 0.25) is 10.0 Å². The predicted molar refractivity (Wildman–Crippen MR) is 75.9 cm³/mol. The first-order valence-electron chi connectivity index (χ1n) is 5.70. The SMILES string of the molecule is CS(=O)(=O)Nc1ccc(Oc2ccc([N+](=O)[O-])nc2)cc1. The van der Waals surface area contributed by atoms with E-state index in [1.807, 2.05) is 0 Å². The van der Waals surface area contributed by atoms with E-state index in [2.05, 4.69) is 9.71 Å². The molecule has 0 aliphatic heterocycles. The van der Waals surface area contributed by atoms with E-state index in [9.17, 15) is 18.5 Å². The van der Waals surface area contributed by atoms with Crippen molar-refractivity contribution in [2.24, 2.45) is 0 Å². The van der Waals surface area contributed by atoms with E-state index in [4.69, 9.17) is 4.74 Å². The zero-order valence-corrected chi connectivity index (χ0v) is 11.7. The standard InChI is InChI=1S/C12H11N3O5S/c1-21(18,19)14-9-2-4-10(5-3-9)20-11-6-7-12(13-8-11)15(16)17/h2-8,14H,1H3. The second-order valence-corrected chi connectivity index (χ2v) is 5.86. The van der Waals surface area contributed by atoms with Crippen LogP contribution < -0.4 is 9.46 Å². The molecule has 2 rings (SSSR count). The van der Waals surface area contributed by atoms with E-state index in [1.54, 1.807) is 12.1 Å². The smallest absolute Gasteiger partial charge is 0.363 e. The first-order chi connectivity index (χ1) is 9.83. The number of nitro groups is 1. The topological polar surface area (TPSA) is 111 Å². The van der Waals surface area contributed by atoms with Crippen LogP contribution in [0.4, 0.5) is 11.5 Å². The van der Waals surface area contributed by atoms with Crippen molar-refractivity contribution in [3.05, 3.63) is 52.7 Å². The third kappa shape index (κ3) is 4.42. The van der Waals surface area contributed by atoms with Crippen LogP contribution in [-0.2, 0) is 10.0 Å². The van der Waals surface area contributed by atoms with Crippen LogP contribution in [0.3, 0.4) is 0 Å². The van der Waals surface area contributed by atoms with E-state index in [0.717, 1.165) is 6.26 Å². The number of rotatable bonds is 5. The number of benzene rings is 1. The van der Waals surface area contributed by atoms with E-state index in [-0.39, 0.29) is 5.82 Å². The molecule has 0 fully saturated rings. The quantitative estimate of drug-likeness (QED) is 0.669. The highest BCUT2D eigenvalue weighted by Crippen LogP contribution is 2.23. The molecule has 0 atom stereocenters. The molecule has 1 heterocycles. The summed E-state index contributed by atoms with van der Waals surface area (Å²) in [6.45, 7) is 0. The Kier molecular flexibility index (Phi) is 4.03. The molecular weight excluding hydrogens is 298 g/mol. The summed E-state index contributed by atoms with van der Waals surface area (Å²) in [6.07, 6.45) is 2.29. The van der Waals surface area contributed by atoms with Crippen LogP contribution in [0, 0.1) is 10.1 Å². The van der Waals surface area contributed by atoms with Crippen LogP contribution in [0.15, 0.2) is 42.6 Å². The van der Waals surface area contributed by atoms with Crippen LogP contribution in [0.2, 0.25) is 0 Å². The third-order valence-electron chi connectivity index (χ3n) is 2.30. The number of nitrogens with one attached hydrogen (secondary N) is 1. The van der Waals surface area contributed by atoms with Crippen molar-refractivity contribution >= 4 is 21.5 Å². The average molecular weight is 309 g/mol. The molecule has 2 aromatic rings. The highest BCUT2D eigenvalue weighted by atomic mass is 32.2. The van der Waals surface area contributed by atoms with E-state index >= 15 is 0 Å². The fourth-order valence-corrected chi connectivity index (χ4v) is 2.05. The molecule has 0 saturated heterocycles. The maximum atomic E-state index is 11.1. The van der Waals surface area contributed by atoms with E-state index < -0.39 is 14.9 Å². The number of hydrogen-bond acceptors (Lipinski definition) is 6. The van der Waals surface area contributed by atoms with Gasteiger partial charge < -0.3 is 14.9 Å². The summed E-state index contributed by atoms with van der Waals surface area (Å²) >= 11 is 0. The Balaban J connectivity index is 2.08. The van der Waals surface area contributed by atoms with Crippen LogP contribution in [0.25, 0.3) is 0 Å². The summed E-state index contributed by atoms with van der Waals surface area (Å²) in [5.41, 5.74) is 0.409. The average Bonchev–Trinajstić information content (AvgIpc) is 2.40. The van der Waals surface area contributed by atoms with Gasteiger partial charge in [-0.15, -0.1) is 0 Å². The molecule has 0 aliphatic carbocycles. The van der Waals surface area contributed by atoms with Gasteiger partial charge in [0.15, 0.2) is 11.9 Å². The Morgan fingerprint density at radius 2 is 1.76 bits per heavy atom. The Bertz CT molecular complexity index is 741. The summed E-state index contributed by atoms with van der Waals surface area (Å²) < 4.78 is 29.9. The van der Waals surface area contributed by atoms with Crippen LogP contribution in [-0.4, -0.2) is 24.6 Å². The Morgan fingerprint density at radius 1 is 1.14 bits per heavy atom. The van der Waals surface area contributed by atoms with Gasteiger partial charge in [-0.05, 0) is 40.2 Å². The van der Waals surface area contributed by atoms with Gasteiger partial charge in [-0.3, -0.25) is 4.72 Å². The van der Waals surface area contributed by atoms with Gasteiger partial charge in [0.05, 0.1) is 6.26 Å². The zero-order valence-electron chi connectivity index (χ0n) is 10.9. The number of nitrogens with zero attached hydrogens (tertiary/aromatic N) is 2. The molecule has 0 amide bonds. The molecule has 0 aliphatic rings. The number of anilines is 1. The highest BCUT2D eigenvalue weighted by molar-refractivity contribution is 7.92. The molecule has 0 bridgehead atoms. The minimum Gasteiger partial charge on any atom is -0.453 e. The molecule has 0 radical (unpaired) electrons. The lowest BCUT2D eigenvalue weighted by Crippen LogP contribution is -2.09. The van der Waals surface area contributed by atoms with Crippen molar-refractivity contribution in [1.82, 2.24) is 4.98 Å². The summed E-state index contributed by atoms with van der Waals surface area (Å²) in [4.78, 5) is 13.5. The lowest BCUT2D eigenvalue weighted by Gasteiger charge is -2.06. The molecule has 1 aromatic heterocycles. The number of sulfonamides is 1. The monoisotopic (exact) mass is 309 g/mol. The first kappa shape index (κ1) is 14.7. The second kappa shape index (κ2) is 5.75. The predicted octanol–water partition coefficient (Wildman–Crippen LogP) is 2.15. The Morgan fingerprint density at radius 3 is 2.24 bits per heavy atom. The number of pyridine rings is 1. The van der Waals surface area contributed by atoms with Crippen LogP contribution in [0.1, 0.15) is 0 Å². The molecule has 110 valence electrons. The minimum atomic E-state index is -3.33. The molecule has 9 heteroatoms. The number of aromatic nitrogens is 1. The summed E-state index contributed by atoms with van der Waals surface area (Å²) in [5, 5.41) is 10.5. The van der Waals surface area contributed by atoms with Crippen molar-refractivity contribution in [3.8, 4) is 11.5 Å². The third-order valence-corrected chi connectivity index (χ3v) is 2.91. The molecule has 8 nitrogen and oxygen atoms in total. The fourth-order valence-electron chi connectivity index (χ4n) is 1.48. The van der Waals surface area contributed by atoms with Gasteiger partial charge in [0.1, 0.15) is 5.75 Å². The lowest BCUT2D eigenvalue weighted by atomic mass is 10.3. The summed E-state index contributed by atoms with van der Waals surface area (Å²) in [5.74, 6) is 0.518. The largest absolute Gasteiger partial charge is 0.453 e. The van der Waals surface area contributed by atoms with Gasteiger partial charge in [0, 0.05) is 11.8 Å². The lowest BCUT2D eigenvalue weighted by molar-refractivity contribution is -0.389. The van der Waals surface area contributed by atoms with Gasteiger partial charge >= 0.3 is 5.82 Å². The zero-order chi connectivity index (χ0) is 15.5. The Labute approximate surface area is 120 Å². The van der Waals surface area contributed by atoms with Crippen molar-refractivity contribution in [2.75, 3.05) is 11.0 Å². The number of ether oxygens (including phenoxy) is 1.